The summed E-state index contributed by atoms with van der Waals surface area (Å²) < 4.78 is 10.5. The van der Waals surface area contributed by atoms with Gasteiger partial charge in [-0.3, -0.25) is 4.90 Å². The molecule has 120 valence electrons. The Morgan fingerprint density at radius 3 is 2.05 bits per heavy atom. The molecule has 1 amide bonds. The van der Waals surface area contributed by atoms with Crippen molar-refractivity contribution in [3.05, 3.63) is 12.2 Å². The van der Waals surface area contributed by atoms with Crippen molar-refractivity contribution in [2.75, 3.05) is 6.54 Å². The Balaban J connectivity index is 2.94. The topological polar surface area (TPSA) is 76.1 Å². The molecule has 1 N–H and O–H groups in total. The highest BCUT2D eigenvalue weighted by Gasteiger charge is 2.45. The highest BCUT2D eigenvalue weighted by molar-refractivity contribution is 5.86. The van der Waals surface area contributed by atoms with Crippen LogP contribution in [0.5, 0.6) is 0 Å². The van der Waals surface area contributed by atoms with E-state index in [0.717, 1.165) is 4.90 Å². The molecule has 1 aliphatic rings. The molecular formula is C15H25NO5. The Morgan fingerprint density at radius 2 is 1.62 bits per heavy atom. The van der Waals surface area contributed by atoms with E-state index in [1.165, 1.54) is 0 Å². The number of esters is 1. The van der Waals surface area contributed by atoms with Crippen molar-refractivity contribution >= 4 is 12.1 Å². The molecule has 6 nitrogen and oxygen atoms in total. The number of aliphatic hydroxyl groups excluding tert-OH is 1. The summed E-state index contributed by atoms with van der Waals surface area (Å²) >= 11 is 0. The number of carbonyl (C=O) groups is 2. The lowest BCUT2D eigenvalue weighted by Crippen LogP contribution is -2.46. The van der Waals surface area contributed by atoms with Crippen LogP contribution in [0.25, 0.3) is 0 Å². The van der Waals surface area contributed by atoms with Gasteiger partial charge in [0.15, 0.2) is 6.04 Å². The second-order valence-corrected chi connectivity index (χ2v) is 7.16. The summed E-state index contributed by atoms with van der Waals surface area (Å²) in [7, 11) is 0. The van der Waals surface area contributed by atoms with Crippen LogP contribution >= 0.6 is 0 Å². The van der Waals surface area contributed by atoms with Crippen LogP contribution in [-0.2, 0) is 14.3 Å². The molecule has 21 heavy (non-hydrogen) atoms. The van der Waals surface area contributed by atoms with Crippen LogP contribution in [0.4, 0.5) is 4.79 Å². The largest absolute Gasteiger partial charge is 0.458 e. The zero-order chi connectivity index (χ0) is 16.6. The van der Waals surface area contributed by atoms with Crippen molar-refractivity contribution in [2.45, 2.75) is 64.9 Å². The van der Waals surface area contributed by atoms with Gasteiger partial charge in [-0.05, 0) is 47.1 Å². The first kappa shape index (κ1) is 17.5. The van der Waals surface area contributed by atoms with Gasteiger partial charge in [-0.2, -0.15) is 0 Å². The molecule has 0 radical (unpaired) electrons. The molecule has 0 aromatic rings. The number of carbonyl (C=O) groups excluding carboxylic acids is 2. The van der Waals surface area contributed by atoms with Crippen LogP contribution < -0.4 is 0 Å². The van der Waals surface area contributed by atoms with E-state index in [1.54, 1.807) is 41.5 Å². The summed E-state index contributed by atoms with van der Waals surface area (Å²) in [6, 6.07) is -1.02. The Hall–Kier alpha value is -1.56. The zero-order valence-electron chi connectivity index (χ0n) is 13.6. The van der Waals surface area contributed by atoms with Crippen molar-refractivity contribution in [3.8, 4) is 0 Å². The third-order valence-corrected chi connectivity index (χ3v) is 2.72. The molecule has 1 fully saturated rings. The molecule has 1 saturated heterocycles. The molecule has 1 heterocycles. The number of β-amino-alcohol motifs (C(OH)–C–C–N with tert-alkyl or cyclic N) is 1. The molecule has 0 aromatic heterocycles. The van der Waals surface area contributed by atoms with Crippen LogP contribution in [0.2, 0.25) is 0 Å². The third kappa shape index (κ3) is 4.74. The maximum Gasteiger partial charge on any atom is 0.411 e. The second-order valence-electron chi connectivity index (χ2n) is 7.16. The average Bonchev–Trinajstić information content (AvgIpc) is 2.50. The quantitative estimate of drug-likeness (QED) is 0.591. The van der Waals surface area contributed by atoms with E-state index in [4.69, 9.17) is 9.47 Å². The Morgan fingerprint density at radius 1 is 1.14 bits per heavy atom. The summed E-state index contributed by atoms with van der Waals surface area (Å²) in [6.07, 6.45) is -1.63. The van der Waals surface area contributed by atoms with Crippen LogP contribution in [0.1, 0.15) is 41.5 Å². The van der Waals surface area contributed by atoms with Crippen LogP contribution in [0.3, 0.4) is 0 Å². The molecule has 0 aliphatic carbocycles. The van der Waals surface area contributed by atoms with Crippen molar-refractivity contribution in [2.24, 2.45) is 0 Å². The normalized spacial score (nSPS) is 23.2. The number of rotatable bonds is 1. The summed E-state index contributed by atoms with van der Waals surface area (Å²) in [6.45, 7) is 14.1. The first-order valence-electron chi connectivity index (χ1n) is 6.91. The first-order chi connectivity index (χ1) is 9.32. The number of hydrogen-bond acceptors (Lipinski definition) is 5. The SMILES string of the molecule is C=C1[C@@H](C(=O)OC(C)(C)C)N(C(=O)OC(C)(C)C)C[C@H]1O. The van der Waals surface area contributed by atoms with Gasteiger partial charge in [0.1, 0.15) is 11.2 Å². The molecule has 0 aromatic carbocycles. The van der Waals surface area contributed by atoms with Gasteiger partial charge in [-0.25, -0.2) is 9.59 Å². The first-order valence-corrected chi connectivity index (χ1v) is 6.91. The molecule has 0 unspecified atom stereocenters. The zero-order valence-corrected chi connectivity index (χ0v) is 13.6. The van der Waals surface area contributed by atoms with Crippen LogP contribution in [0.15, 0.2) is 12.2 Å². The lowest BCUT2D eigenvalue weighted by molar-refractivity contribution is -0.158. The lowest BCUT2D eigenvalue weighted by Gasteiger charge is -2.29. The van der Waals surface area contributed by atoms with Gasteiger partial charge in [0.05, 0.1) is 12.6 Å². The molecule has 6 heteroatoms. The third-order valence-electron chi connectivity index (χ3n) is 2.72. The molecule has 2 atom stereocenters. The van der Waals surface area contributed by atoms with Gasteiger partial charge in [-0.15, -0.1) is 0 Å². The summed E-state index contributed by atoms with van der Waals surface area (Å²) in [5.41, 5.74) is -1.13. The van der Waals surface area contributed by atoms with Crippen molar-refractivity contribution in [3.63, 3.8) is 0 Å². The Bertz CT molecular complexity index is 444. The minimum Gasteiger partial charge on any atom is -0.458 e. The number of likely N-dealkylation sites (tertiary alicyclic amines) is 1. The molecule has 0 saturated carbocycles. The van der Waals surface area contributed by atoms with Gasteiger partial charge in [0.25, 0.3) is 0 Å². The highest BCUT2D eigenvalue weighted by Crippen LogP contribution is 2.27. The van der Waals surface area contributed by atoms with E-state index in [0.29, 0.717) is 0 Å². The van der Waals surface area contributed by atoms with Gasteiger partial charge in [-0.1, -0.05) is 6.58 Å². The number of aliphatic hydroxyl groups is 1. The maximum atomic E-state index is 12.3. The van der Waals surface area contributed by atoms with Gasteiger partial charge < -0.3 is 14.6 Å². The molecule has 0 spiro atoms. The molecule has 1 rings (SSSR count). The number of amides is 1. The number of hydrogen-bond donors (Lipinski definition) is 1. The maximum absolute atomic E-state index is 12.3. The summed E-state index contributed by atoms with van der Waals surface area (Å²) in [4.78, 5) is 25.6. The smallest absolute Gasteiger partial charge is 0.411 e. The van der Waals surface area contributed by atoms with Crippen LogP contribution in [-0.4, -0.2) is 52.0 Å². The van der Waals surface area contributed by atoms with E-state index in [2.05, 4.69) is 6.58 Å². The van der Waals surface area contributed by atoms with E-state index in [-0.39, 0.29) is 12.1 Å². The number of nitrogens with zero attached hydrogens (tertiary/aromatic N) is 1. The Labute approximate surface area is 125 Å². The fourth-order valence-electron chi connectivity index (χ4n) is 1.93. The predicted molar refractivity (Wildman–Crippen MR) is 77.7 cm³/mol. The van der Waals surface area contributed by atoms with Crippen molar-refractivity contribution in [1.29, 1.82) is 0 Å². The van der Waals surface area contributed by atoms with Gasteiger partial charge in [0.2, 0.25) is 0 Å². The van der Waals surface area contributed by atoms with Crippen LogP contribution in [0, 0.1) is 0 Å². The van der Waals surface area contributed by atoms with E-state index < -0.39 is 35.4 Å². The fraction of sp³-hybridized carbons (Fsp3) is 0.733. The fourth-order valence-corrected chi connectivity index (χ4v) is 1.93. The van der Waals surface area contributed by atoms with E-state index in [9.17, 15) is 14.7 Å². The minimum atomic E-state index is -1.02. The minimum absolute atomic E-state index is 0.0301. The lowest BCUT2D eigenvalue weighted by atomic mass is 10.1. The van der Waals surface area contributed by atoms with E-state index >= 15 is 0 Å². The molecular weight excluding hydrogens is 274 g/mol. The predicted octanol–water partition coefficient (Wildman–Crippen LogP) is 1.86. The van der Waals surface area contributed by atoms with Crippen molar-refractivity contribution < 1.29 is 24.2 Å². The van der Waals surface area contributed by atoms with Gasteiger partial charge in [0, 0.05) is 0 Å². The van der Waals surface area contributed by atoms with Gasteiger partial charge >= 0.3 is 12.1 Å². The summed E-state index contributed by atoms with van der Waals surface area (Å²) in [5.74, 6) is -0.616. The number of ether oxygens (including phenoxy) is 2. The van der Waals surface area contributed by atoms with E-state index in [1.807, 2.05) is 0 Å². The molecule has 1 aliphatic heterocycles. The molecule has 0 bridgehead atoms. The average molecular weight is 299 g/mol. The van der Waals surface area contributed by atoms with Crippen molar-refractivity contribution in [1.82, 2.24) is 4.90 Å². The highest BCUT2D eigenvalue weighted by atomic mass is 16.6. The summed E-state index contributed by atoms with van der Waals surface area (Å²) in [5, 5.41) is 9.88. The Kier molecular flexibility index (Phi) is 4.73. The monoisotopic (exact) mass is 299 g/mol. The second kappa shape index (κ2) is 5.67. The standard InChI is InChI=1S/C15H25NO5/c1-9-10(17)8-16(13(19)21-15(5,6)7)11(9)12(18)20-14(2,3)4/h10-11,17H,1,8H2,2-7H3/t10-,11+/m1/s1.